The molecular weight excluding hydrogens is 383 g/mol. The number of esters is 1. The van der Waals surface area contributed by atoms with Gasteiger partial charge in [-0.25, -0.2) is 14.2 Å². The van der Waals surface area contributed by atoms with Gasteiger partial charge >= 0.3 is 5.97 Å². The third-order valence-corrected chi connectivity index (χ3v) is 4.48. The van der Waals surface area contributed by atoms with Crippen molar-refractivity contribution < 1.29 is 18.7 Å². The fraction of sp³-hybridized carbons (Fsp3) is 0.0417. The van der Waals surface area contributed by atoms with E-state index in [-0.39, 0.29) is 5.69 Å². The highest BCUT2D eigenvalue weighted by molar-refractivity contribution is 5.98. The lowest BCUT2D eigenvalue weighted by Gasteiger charge is -2.18. The van der Waals surface area contributed by atoms with Crippen molar-refractivity contribution >= 4 is 28.5 Å². The Balaban J connectivity index is 1.59. The second-order valence-corrected chi connectivity index (χ2v) is 6.58. The molecule has 0 aliphatic rings. The third-order valence-electron chi connectivity index (χ3n) is 4.48. The van der Waals surface area contributed by atoms with Crippen LogP contribution in [0, 0.1) is 5.82 Å². The summed E-state index contributed by atoms with van der Waals surface area (Å²) < 4.78 is 18.7. The van der Waals surface area contributed by atoms with Gasteiger partial charge in [-0.2, -0.15) is 0 Å². The number of para-hydroxylation sites is 1. The van der Waals surface area contributed by atoms with E-state index in [1.807, 2.05) is 18.2 Å². The first-order valence-electron chi connectivity index (χ1n) is 9.28. The van der Waals surface area contributed by atoms with E-state index in [0.29, 0.717) is 16.8 Å². The largest absolute Gasteiger partial charge is 0.443 e. The fourth-order valence-electron chi connectivity index (χ4n) is 2.99. The number of aromatic nitrogens is 1. The van der Waals surface area contributed by atoms with E-state index in [4.69, 9.17) is 4.74 Å². The number of halogens is 1. The molecule has 0 aliphatic carbocycles. The molecule has 6 heteroatoms. The molecule has 1 atom stereocenters. The Bertz CT molecular complexity index is 1190. The number of amides is 1. The van der Waals surface area contributed by atoms with E-state index in [1.165, 1.54) is 24.3 Å². The van der Waals surface area contributed by atoms with Gasteiger partial charge in [0, 0.05) is 16.6 Å². The number of fused-ring (bicyclic) bond motifs is 1. The van der Waals surface area contributed by atoms with Crippen molar-refractivity contribution in [2.24, 2.45) is 0 Å². The van der Waals surface area contributed by atoms with Crippen molar-refractivity contribution in [3.05, 3.63) is 108 Å². The molecule has 0 saturated carbocycles. The van der Waals surface area contributed by atoms with Crippen LogP contribution in [0.25, 0.3) is 10.9 Å². The average Bonchev–Trinajstić information content (AvgIpc) is 2.79. The lowest BCUT2D eigenvalue weighted by Crippen LogP contribution is -2.26. The van der Waals surface area contributed by atoms with E-state index in [1.54, 1.807) is 48.5 Å². The van der Waals surface area contributed by atoms with E-state index in [9.17, 15) is 14.0 Å². The van der Waals surface area contributed by atoms with E-state index < -0.39 is 23.8 Å². The zero-order chi connectivity index (χ0) is 20.9. The van der Waals surface area contributed by atoms with Crippen LogP contribution in [-0.4, -0.2) is 16.9 Å². The van der Waals surface area contributed by atoms with Crippen molar-refractivity contribution in [2.75, 3.05) is 5.32 Å². The van der Waals surface area contributed by atoms with Gasteiger partial charge in [-0.05, 0) is 36.4 Å². The molecule has 0 radical (unpaired) electrons. The van der Waals surface area contributed by atoms with Crippen LogP contribution < -0.4 is 5.32 Å². The minimum atomic E-state index is -1.20. The smallest absolute Gasteiger partial charge is 0.358 e. The van der Waals surface area contributed by atoms with Crippen molar-refractivity contribution in [2.45, 2.75) is 6.10 Å². The average molecular weight is 400 g/mol. The van der Waals surface area contributed by atoms with Crippen molar-refractivity contribution in [1.29, 1.82) is 0 Å². The van der Waals surface area contributed by atoms with Gasteiger partial charge in [0.2, 0.25) is 6.10 Å². The van der Waals surface area contributed by atoms with E-state index in [2.05, 4.69) is 10.3 Å². The molecule has 0 aliphatic heterocycles. The summed E-state index contributed by atoms with van der Waals surface area (Å²) in [4.78, 5) is 30.0. The summed E-state index contributed by atoms with van der Waals surface area (Å²) in [6, 6.07) is 24.7. The summed E-state index contributed by atoms with van der Waals surface area (Å²) in [6.07, 6.45) is -1.20. The van der Waals surface area contributed by atoms with Gasteiger partial charge in [0.15, 0.2) is 0 Å². The van der Waals surface area contributed by atoms with Gasteiger partial charge < -0.3 is 10.1 Å². The van der Waals surface area contributed by atoms with Crippen LogP contribution in [0.15, 0.2) is 91.0 Å². The van der Waals surface area contributed by atoms with Crippen LogP contribution in [-0.2, 0) is 9.53 Å². The molecule has 1 N–H and O–H groups in total. The zero-order valence-electron chi connectivity index (χ0n) is 15.8. The maximum Gasteiger partial charge on any atom is 0.358 e. The Labute approximate surface area is 172 Å². The number of ether oxygens (including phenoxy) is 1. The molecule has 4 rings (SSSR count). The topological polar surface area (TPSA) is 68.3 Å². The van der Waals surface area contributed by atoms with Crippen molar-refractivity contribution in [3.8, 4) is 0 Å². The summed E-state index contributed by atoms with van der Waals surface area (Å²) in [5.41, 5.74) is 1.65. The van der Waals surface area contributed by atoms with Crippen LogP contribution in [0.1, 0.15) is 22.2 Å². The molecule has 3 aromatic carbocycles. The number of carbonyl (C=O) groups excluding carboxylic acids is 2. The number of nitrogens with one attached hydrogen (secondary N) is 1. The van der Waals surface area contributed by atoms with Crippen LogP contribution in [0.3, 0.4) is 0 Å². The van der Waals surface area contributed by atoms with Crippen LogP contribution in [0.2, 0.25) is 0 Å². The second-order valence-electron chi connectivity index (χ2n) is 6.58. The number of pyridine rings is 1. The summed E-state index contributed by atoms with van der Waals surface area (Å²) >= 11 is 0. The first-order valence-corrected chi connectivity index (χ1v) is 9.28. The number of benzene rings is 3. The van der Waals surface area contributed by atoms with Gasteiger partial charge in [-0.1, -0.05) is 54.6 Å². The molecule has 0 spiro atoms. The minimum Gasteiger partial charge on any atom is -0.443 e. The number of carbonyl (C=O) groups is 2. The summed E-state index contributed by atoms with van der Waals surface area (Å²) in [6.45, 7) is 0. The van der Waals surface area contributed by atoms with Gasteiger partial charge in [-0.3, -0.25) is 4.79 Å². The predicted molar refractivity (Wildman–Crippen MR) is 111 cm³/mol. The molecule has 0 fully saturated rings. The molecule has 0 unspecified atom stereocenters. The Morgan fingerprint density at radius 1 is 0.833 bits per heavy atom. The minimum absolute atomic E-state index is 0.101. The predicted octanol–water partition coefficient (Wildman–Crippen LogP) is 4.91. The van der Waals surface area contributed by atoms with Crippen LogP contribution in [0.5, 0.6) is 0 Å². The molecular formula is C24H17FN2O3. The molecule has 30 heavy (non-hydrogen) atoms. The number of rotatable bonds is 5. The summed E-state index contributed by atoms with van der Waals surface area (Å²) in [5, 5.41) is 3.54. The third kappa shape index (κ3) is 4.33. The Kier molecular flexibility index (Phi) is 5.48. The highest BCUT2D eigenvalue weighted by atomic mass is 19.1. The van der Waals surface area contributed by atoms with E-state index >= 15 is 0 Å². The molecule has 1 amide bonds. The normalized spacial score (nSPS) is 11.6. The van der Waals surface area contributed by atoms with Gasteiger partial charge in [0.05, 0.1) is 5.52 Å². The maximum atomic E-state index is 13.1. The zero-order valence-corrected chi connectivity index (χ0v) is 15.8. The number of anilines is 1. The maximum absolute atomic E-state index is 13.1. The quantitative estimate of drug-likeness (QED) is 0.483. The molecule has 5 nitrogen and oxygen atoms in total. The van der Waals surface area contributed by atoms with Crippen LogP contribution in [0.4, 0.5) is 10.1 Å². The second kappa shape index (κ2) is 8.53. The lowest BCUT2D eigenvalue weighted by atomic mass is 10.1. The Hall–Kier alpha value is -4.06. The van der Waals surface area contributed by atoms with Gasteiger partial charge in [0.1, 0.15) is 11.5 Å². The fourth-order valence-corrected chi connectivity index (χ4v) is 2.99. The standard InChI is InChI=1S/C24H17FN2O3/c25-18-11-13-19(14-12-18)26-23(28)22(17-7-2-1-3-8-17)30-24(29)21-15-10-16-6-4-5-9-20(16)27-21/h1-15,22H,(H,26,28)/t22-/m1/s1. The number of nitrogens with zero attached hydrogens (tertiary/aromatic N) is 1. The van der Waals surface area contributed by atoms with Crippen molar-refractivity contribution in [1.82, 2.24) is 4.98 Å². The molecule has 1 aromatic heterocycles. The lowest BCUT2D eigenvalue weighted by molar-refractivity contribution is -0.125. The number of hydrogen-bond acceptors (Lipinski definition) is 4. The Morgan fingerprint density at radius 2 is 1.53 bits per heavy atom. The summed E-state index contributed by atoms with van der Waals surface area (Å²) in [7, 11) is 0. The highest BCUT2D eigenvalue weighted by Gasteiger charge is 2.26. The Morgan fingerprint density at radius 3 is 2.30 bits per heavy atom. The van der Waals surface area contributed by atoms with E-state index in [0.717, 1.165) is 5.39 Å². The van der Waals surface area contributed by atoms with Crippen LogP contribution >= 0.6 is 0 Å². The summed E-state index contributed by atoms with van der Waals surface area (Å²) in [5.74, 6) is -1.69. The molecule has 1 heterocycles. The molecule has 0 bridgehead atoms. The van der Waals surface area contributed by atoms with Gasteiger partial charge in [-0.15, -0.1) is 0 Å². The first-order chi connectivity index (χ1) is 14.6. The van der Waals surface area contributed by atoms with Gasteiger partial charge in [0.25, 0.3) is 5.91 Å². The molecule has 148 valence electrons. The highest BCUT2D eigenvalue weighted by Crippen LogP contribution is 2.22. The number of hydrogen-bond donors (Lipinski definition) is 1. The monoisotopic (exact) mass is 400 g/mol. The first kappa shape index (κ1) is 19.3. The molecule has 0 saturated heterocycles. The van der Waals surface area contributed by atoms with Crippen molar-refractivity contribution in [3.63, 3.8) is 0 Å². The molecule has 4 aromatic rings. The SMILES string of the molecule is O=C(O[C@@H](C(=O)Nc1ccc(F)cc1)c1ccccc1)c1ccc2ccccc2n1.